The van der Waals surface area contributed by atoms with Gasteiger partial charge in [-0.3, -0.25) is 15.2 Å². The molecule has 2 fully saturated rings. The van der Waals surface area contributed by atoms with E-state index in [0.717, 1.165) is 36.2 Å². The third kappa shape index (κ3) is 2.92. The van der Waals surface area contributed by atoms with Crippen molar-refractivity contribution in [2.45, 2.75) is 56.6 Å². The van der Waals surface area contributed by atoms with Crippen LogP contribution in [0.4, 0.5) is 0 Å². The number of benzene rings is 1. The fourth-order valence-electron chi connectivity index (χ4n) is 5.14. The lowest BCUT2D eigenvalue weighted by Gasteiger charge is -2.36. The number of rotatable bonds is 2. The Hall–Kier alpha value is -1.06. The molecule has 0 bridgehead atoms. The van der Waals surface area contributed by atoms with Crippen LogP contribution in [0.5, 0.6) is 0 Å². The van der Waals surface area contributed by atoms with Crippen molar-refractivity contribution in [2.75, 3.05) is 19.8 Å². The number of halogens is 1. The molecule has 152 valence electrons. The second-order valence-electron chi connectivity index (χ2n) is 8.06. The number of aliphatic imine (C=N–C) groups is 1. The highest BCUT2D eigenvalue weighted by molar-refractivity contribution is 6.31. The number of aliphatic hydroxyl groups excluding tert-OH is 2. The van der Waals surface area contributed by atoms with Crippen molar-refractivity contribution in [2.24, 2.45) is 10.9 Å². The Bertz CT molecular complexity index is 791. The first-order chi connectivity index (χ1) is 13.6. The van der Waals surface area contributed by atoms with E-state index in [4.69, 9.17) is 21.1 Å². The zero-order valence-electron chi connectivity index (χ0n) is 15.8. The zero-order valence-corrected chi connectivity index (χ0v) is 16.5. The van der Waals surface area contributed by atoms with Crippen molar-refractivity contribution < 1.29 is 19.7 Å². The van der Waals surface area contributed by atoms with Crippen LogP contribution in [0.3, 0.4) is 0 Å². The molecule has 8 heteroatoms. The summed E-state index contributed by atoms with van der Waals surface area (Å²) in [6.45, 7) is 3.92. The van der Waals surface area contributed by atoms with E-state index in [-0.39, 0.29) is 6.17 Å². The predicted octanol–water partition coefficient (Wildman–Crippen LogP) is 1.07. The number of nitrogens with one attached hydrogen (secondary N) is 1. The first kappa shape index (κ1) is 18.9. The summed E-state index contributed by atoms with van der Waals surface area (Å²) >= 11 is 6.37. The molecule has 4 aliphatic rings. The van der Waals surface area contributed by atoms with Crippen LogP contribution >= 0.6 is 11.6 Å². The first-order valence-electron chi connectivity index (χ1n) is 9.97. The van der Waals surface area contributed by atoms with Crippen molar-refractivity contribution in [3.8, 4) is 0 Å². The fraction of sp³-hybridized carbons (Fsp3) is 0.650. The molecule has 3 N–H and O–H groups in total. The highest BCUT2D eigenvalue weighted by Gasteiger charge is 2.53. The van der Waals surface area contributed by atoms with Crippen molar-refractivity contribution in [3.63, 3.8) is 0 Å². The lowest BCUT2D eigenvalue weighted by atomic mass is 9.92. The third-order valence-corrected chi connectivity index (χ3v) is 6.97. The second kappa shape index (κ2) is 7.32. The van der Waals surface area contributed by atoms with E-state index in [2.05, 4.69) is 22.1 Å². The van der Waals surface area contributed by atoms with Gasteiger partial charge < -0.3 is 19.7 Å². The topological polar surface area (TPSA) is 86.6 Å². The maximum absolute atomic E-state index is 10.8. The smallest absolute Gasteiger partial charge is 0.141 e. The largest absolute Gasteiger partial charge is 0.387 e. The summed E-state index contributed by atoms with van der Waals surface area (Å²) in [5, 5.41) is 25.8. The summed E-state index contributed by atoms with van der Waals surface area (Å²) < 4.78 is 12.3. The molecule has 4 aliphatic heterocycles. The molecular formula is C20H26ClN3O4. The van der Waals surface area contributed by atoms with E-state index in [1.807, 2.05) is 18.2 Å². The molecule has 0 saturated carbocycles. The number of fused-ring (bicyclic) bond motifs is 2. The fourth-order valence-corrected chi connectivity index (χ4v) is 5.42. The summed E-state index contributed by atoms with van der Waals surface area (Å²) in [5.41, 5.74) is 3.11. The molecule has 0 radical (unpaired) electrons. The number of ether oxygens (including phenoxy) is 2. The van der Waals surface area contributed by atoms with Gasteiger partial charge in [0, 0.05) is 23.2 Å². The van der Waals surface area contributed by atoms with Gasteiger partial charge in [0.2, 0.25) is 0 Å². The average molecular weight is 408 g/mol. The van der Waals surface area contributed by atoms with Gasteiger partial charge >= 0.3 is 0 Å². The van der Waals surface area contributed by atoms with Crippen LogP contribution in [-0.2, 0) is 15.9 Å². The molecule has 7 atom stereocenters. The van der Waals surface area contributed by atoms with Gasteiger partial charge in [-0.1, -0.05) is 23.7 Å². The van der Waals surface area contributed by atoms with Crippen LogP contribution in [0.1, 0.15) is 30.6 Å². The molecule has 4 heterocycles. The van der Waals surface area contributed by atoms with Gasteiger partial charge in [0.1, 0.15) is 30.6 Å². The molecule has 1 aromatic rings. The highest BCUT2D eigenvalue weighted by atomic mass is 35.5. The monoisotopic (exact) mass is 407 g/mol. The van der Waals surface area contributed by atoms with Crippen LogP contribution in [-0.4, -0.2) is 71.4 Å². The Morgan fingerprint density at radius 2 is 2.14 bits per heavy atom. The van der Waals surface area contributed by atoms with E-state index < -0.39 is 30.6 Å². The van der Waals surface area contributed by atoms with Gasteiger partial charge in [-0.15, -0.1) is 0 Å². The zero-order chi connectivity index (χ0) is 19.4. The second-order valence-corrected chi connectivity index (χ2v) is 8.47. The lowest BCUT2D eigenvalue weighted by Crippen LogP contribution is -2.55. The number of hydrogen-bond acceptors (Lipinski definition) is 7. The summed E-state index contributed by atoms with van der Waals surface area (Å²) in [6.07, 6.45) is -1.95. The quantitative estimate of drug-likeness (QED) is 0.680. The van der Waals surface area contributed by atoms with Gasteiger partial charge in [-0.2, -0.15) is 0 Å². The van der Waals surface area contributed by atoms with Crippen molar-refractivity contribution in [1.82, 2.24) is 10.2 Å². The molecular weight excluding hydrogens is 382 g/mol. The van der Waals surface area contributed by atoms with Crippen LogP contribution in [0, 0.1) is 5.92 Å². The van der Waals surface area contributed by atoms with Crippen LogP contribution in [0.15, 0.2) is 23.2 Å². The Labute approximate surface area is 169 Å². The number of likely N-dealkylation sites (tertiary alicyclic amines) is 1. The molecule has 0 aromatic heterocycles. The highest BCUT2D eigenvalue weighted by Crippen LogP contribution is 2.41. The molecule has 2 saturated heterocycles. The minimum Gasteiger partial charge on any atom is -0.387 e. The number of nitrogens with zero attached hydrogens (tertiary/aromatic N) is 2. The molecule has 28 heavy (non-hydrogen) atoms. The normalized spacial score (nSPS) is 40.9. The van der Waals surface area contributed by atoms with Gasteiger partial charge in [0.25, 0.3) is 0 Å². The Balaban J connectivity index is 1.40. The maximum Gasteiger partial charge on any atom is 0.141 e. The van der Waals surface area contributed by atoms with Gasteiger partial charge in [-0.25, -0.2) is 0 Å². The molecule has 0 spiro atoms. The van der Waals surface area contributed by atoms with Crippen molar-refractivity contribution >= 4 is 17.3 Å². The first-order valence-corrected chi connectivity index (χ1v) is 10.3. The Morgan fingerprint density at radius 1 is 1.29 bits per heavy atom. The van der Waals surface area contributed by atoms with Gasteiger partial charge in [0.05, 0.1) is 19.4 Å². The average Bonchev–Trinajstić information content (AvgIpc) is 3.25. The van der Waals surface area contributed by atoms with E-state index >= 15 is 0 Å². The maximum atomic E-state index is 10.8. The van der Waals surface area contributed by atoms with Gasteiger partial charge in [0.15, 0.2) is 0 Å². The van der Waals surface area contributed by atoms with E-state index in [1.54, 1.807) is 0 Å². The van der Waals surface area contributed by atoms with Crippen LogP contribution in [0.25, 0.3) is 0 Å². The Kier molecular flexibility index (Phi) is 4.95. The third-order valence-electron chi connectivity index (χ3n) is 6.61. The molecule has 2 unspecified atom stereocenters. The van der Waals surface area contributed by atoms with Crippen LogP contribution < -0.4 is 5.32 Å². The summed E-state index contributed by atoms with van der Waals surface area (Å²) in [7, 11) is 0. The Morgan fingerprint density at radius 3 is 3.00 bits per heavy atom. The number of hydrogen-bond donors (Lipinski definition) is 3. The summed E-state index contributed by atoms with van der Waals surface area (Å²) in [5.74, 6) is 0.311. The van der Waals surface area contributed by atoms with Crippen molar-refractivity contribution in [3.05, 3.63) is 34.3 Å². The number of aliphatic hydroxyl groups is 2. The molecule has 0 amide bonds. The molecule has 7 nitrogen and oxygen atoms in total. The van der Waals surface area contributed by atoms with Gasteiger partial charge in [-0.05, 0) is 37.0 Å². The van der Waals surface area contributed by atoms with Crippen molar-refractivity contribution in [1.29, 1.82) is 0 Å². The van der Waals surface area contributed by atoms with E-state index in [0.29, 0.717) is 24.2 Å². The minimum atomic E-state index is -1.03. The van der Waals surface area contributed by atoms with E-state index in [9.17, 15) is 10.2 Å². The summed E-state index contributed by atoms with van der Waals surface area (Å²) in [4.78, 5) is 6.61. The molecule has 1 aromatic carbocycles. The summed E-state index contributed by atoms with van der Waals surface area (Å²) in [6, 6.07) is 5.72. The lowest BCUT2D eigenvalue weighted by molar-refractivity contribution is -0.139. The SMILES string of the molecule is CC1=NCNC2C1CCN2[C@@H]1O[C@H]([C@@H]2OCCc3c(Cl)cccc32)[C@@H](O)[C@H]1O. The molecule has 5 rings (SSSR count). The van der Waals surface area contributed by atoms with Crippen LogP contribution in [0.2, 0.25) is 5.02 Å². The predicted molar refractivity (Wildman–Crippen MR) is 104 cm³/mol. The van der Waals surface area contributed by atoms with E-state index in [1.165, 1.54) is 0 Å². The molecule has 0 aliphatic carbocycles. The minimum absolute atomic E-state index is 0.0668. The standard InChI is InChI=1S/C20H26ClN3O4/c1-10-11-5-7-24(19(11)23-9-22-10)20-16(26)15(25)18(28-20)17-13-3-2-4-14(21)12(13)6-8-27-17/h2-4,11,15-20,23,25-26H,5-9H2,1H3/t11?,15-,16+,17+,18-,19?,20+/m0/s1.